The van der Waals surface area contributed by atoms with E-state index in [4.69, 9.17) is 11.6 Å². The summed E-state index contributed by atoms with van der Waals surface area (Å²) in [5, 5.41) is 15.1. The van der Waals surface area contributed by atoms with E-state index in [9.17, 15) is 4.79 Å². The van der Waals surface area contributed by atoms with E-state index >= 15 is 0 Å². The zero-order valence-corrected chi connectivity index (χ0v) is 18.3. The van der Waals surface area contributed by atoms with Gasteiger partial charge >= 0.3 is 0 Å². The molecular formula is C20H22ClN5OS2. The van der Waals surface area contributed by atoms with Crippen molar-refractivity contribution in [2.24, 2.45) is 0 Å². The molecule has 9 heteroatoms. The Bertz CT molecular complexity index is 954. The van der Waals surface area contributed by atoms with E-state index in [1.165, 1.54) is 16.6 Å². The van der Waals surface area contributed by atoms with E-state index in [0.29, 0.717) is 16.7 Å². The smallest absolute Gasteiger partial charge is 0.232 e. The zero-order chi connectivity index (χ0) is 20.1. The number of carbonyl (C=O) groups is 1. The first-order chi connectivity index (χ1) is 14.2. The molecule has 0 unspecified atom stereocenters. The van der Waals surface area contributed by atoms with E-state index in [2.05, 4.69) is 26.5 Å². The average molecular weight is 448 g/mol. The van der Waals surface area contributed by atoms with E-state index in [1.54, 1.807) is 11.3 Å². The molecule has 3 aromatic rings. The Morgan fingerprint density at radius 1 is 1.17 bits per heavy atom. The number of thioether (sulfide) groups is 1. The van der Waals surface area contributed by atoms with Crippen molar-refractivity contribution >= 4 is 46.6 Å². The SMILES string of the molecule is O=C(CSc1nnc(N2CCCC2)n1-c1ccccc1Cl)NCCc1cccs1. The van der Waals surface area contributed by atoms with Crippen LogP contribution in [-0.4, -0.2) is 46.1 Å². The Hall–Kier alpha value is -2.03. The minimum atomic E-state index is -0.0111. The molecule has 29 heavy (non-hydrogen) atoms. The van der Waals surface area contributed by atoms with Gasteiger partial charge in [-0.1, -0.05) is 41.6 Å². The minimum absolute atomic E-state index is 0.0111. The number of rotatable bonds is 8. The van der Waals surface area contributed by atoms with Crippen LogP contribution >= 0.6 is 34.7 Å². The number of para-hydroxylation sites is 1. The van der Waals surface area contributed by atoms with Gasteiger partial charge in [-0.05, 0) is 42.8 Å². The third-order valence-electron chi connectivity index (χ3n) is 4.70. The van der Waals surface area contributed by atoms with E-state index in [-0.39, 0.29) is 11.7 Å². The first-order valence-electron chi connectivity index (χ1n) is 9.59. The number of thiophene rings is 1. The van der Waals surface area contributed by atoms with Crippen LogP contribution in [0.4, 0.5) is 5.95 Å². The normalized spacial score (nSPS) is 13.8. The molecule has 4 rings (SSSR count). The van der Waals surface area contributed by atoms with Gasteiger partial charge in [0, 0.05) is 24.5 Å². The number of nitrogens with one attached hydrogen (secondary N) is 1. The number of benzene rings is 1. The second-order valence-electron chi connectivity index (χ2n) is 6.73. The molecule has 0 bridgehead atoms. The lowest BCUT2D eigenvalue weighted by Gasteiger charge is -2.19. The lowest BCUT2D eigenvalue weighted by atomic mass is 10.3. The number of amides is 1. The number of halogens is 1. The predicted octanol–water partition coefficient (Wildman–Crippen LogP) is 4.03. The van der Waals surface area contributed by atoms with Crippen molar-refractivity contribution in [1.29, 1.82) is 0 Å². The molecule has 1 aliphatic rings. The quantitative estimate of drug-likeness (QED) is 0.528. The Morgan fingerprint density at radius 3 is 2.76 bits per heavy atom. The first kappa shape index (κ1) is 20.3. The summed E-state index contributed by atoms with van der Waals surface area (Å²) >= 11 is 9.55. The van der Waals surface area contributed by atoms with Crippen LogP contribution in [0, 0.1) is 0 Å². The van der Waals surface area contributed by atoms with Crippen molar-refractivity contribution in [1.82, 2.24) is 20.1 Å². The summed E-state index contributed by atoms with van der Waals surface area (Å²) in [5.74, 6) is 1.06. The van der Waals surface area contributed by atoms with Crippen molar-refractivity contribution in [2.75, 3.05) is 30.3 Å². The first-order valence-corrected chi connectivity index (χ1v) is 11.8. The van der Waals surface area contributed by atoms with Gasteiger partial charge in [0.1, 0.15) is 0 Å². The van der Waals surface area contributed by atoms with Gasteiger partial charge in [0.2, 0.25) is 11.9 Å². The molecule has 1 N–H and O–H groups in total. The highest BCUT2D eigenvalue weighted by Gasteiger charge is 2.23. The van der Waals surface area contributed by atoms with Crippen molar-refractivity contribution in [2.45, 2.75) is 24.4 Å². The fraction of sp³-hybridized carbons (Fsp3) is 0.350. The summed E-state index contributed by atoms with van der Waals surface area (Å²) in [4.78, 5) is 15.8. The minimum Gasteiger partial charge on any atom is -0.355 e. The molecular weight excluding hydrogens is 426 g/mol. The van der Waals surface area contributed by atoms with Crippen LogP contribution in [0.1, 0.15) is 17.7 Å². The van der Waals surface area contributed by atoms with Gasteiger partial charge in [-0.2, -0.15) is 0 Å². The van der Waals surface area contributed by atoms with E-state index in [0.717, 1.165) is 44.0 Å². The zero-order valence-electron chi connectivity index (χ0n) is 15.9. The molecule has 152 valence electrons. The van der Waals surface area contributed by atoms with E-state index < -0.39 is 0 Å². The maximum atomic E-state index is 12.3. The molecule has 1 aromatic carbocycles. The summed E-state index contributed by atoms with van der Waals surface area (Å²) in [6.07, 6.45) is 3.14. The van der Waals surface area contributed by atoms with Crippen LogP contribution in [0.15, 0.2) is 46.9 Å². The number of carbonyl (C=O) groups excluding carboxylic acids is 1. The standard InChI is InChI=1S/C20H22ClN5OS2/c21-16-7-1-2-8-17(16)26-19(25-11-3-4-12-25)23-24-20(26)29-14-18(27)22-10-9-15-6-5-13-28-15/h1-2,5-8,13H,3-4,9-12,14H2,(H,22,27). The van der Waals surface area contributed by atoms with Crippen LogP contribution in [0.3, 0.4) is 0 Å². The van der Waals surface area contributed by atoms with Crippen LogP contribution in [0.25, 0.3) is 5.69 Å². The molecule has 1 aliphatic heterocycles. The highest BCUT2D eigenvalue weighted by molar-refractivity contribution is 7.99. The Balaban J connectivity index is 1.45. The summed E-state index contributed by atoms with van der Waals surface area (Å²) in [7, 11) is 0. The highest BCUT2D eigenvalue weighted by Crippen LogP contribution is 2.31. The predicted molar refractivity (Wildman–Crippen MR) is 120 cm³/mol. The number of anilines is 1. The average Bonchev–Trinajstić information content (AvgIpc) is 3.48. The Kier molecular flexibility index (Phi) is 6.74. The third-order valence-corrected chi connectivity index (χ3v) is 6.89. The topological polar surface area (TPSA) is 63.1 Å². The molecule has 0 spiro atoms. The van der Waals surface area contributed by atoms with Crippen molar-refractivity contribution < 1.29 is 4.79 Å². The van der Waals surface area contributed by atoms with Gasteiger partial charge < -0.3 is 10.2 Å². The van der Waals surface area contributed by atoms with Crippen molar-refractivity contribution in [3.05, 3.63) is 51.7 Å². The Labute approximate surface area is 183 Å². The highest BCUT2D eigenvalue weighted by atomic mass is 35.5. The largest absolute Gasteiger partial charge is 0.355 e. The van der Waals surface area contributed by atoms with Gasteiger partial charge in [0.15, 0.2) is 5.16 Å². The molecule has 0 aliphatic carbocycles. The van der Waals surface area contributed by atoms with Crippen LogP contribution in [0.5, 0.6) is 0 Å². The lowest BCUT2D eigenvalue weighted by molar-refractivity contribution is -0.118. The van der Waals surface area contributed by atoms with Crippen LogP contribution in [0.2, 0.25) is 5.02 Å². The summed E-state index contributed by atoms with van der Waals surface area (Å²) in [6.45, 7) is 2.54. The molecule has 1 amide bonds. The third kappa shape index (κ3) is 4.94. The summed E-state index contributed by atoms with van der Waals surface area (Å²) in [5.41, 5.74) is 0.835. The number of hydrogen-bond acceptors (Lipinski definition) is 6. The van der Waals surface area contributed by atoms with Gasteiger partial charge in [-0.3, -0.25) is 9.36 Å². The molecule has 0 saturated carbocycles. The fourth-order valence-corrected chi connectivity index (χ4v) is 4.98. The molecule has 1 saturated heterocycles. The molecule has 6 nitrogen and oxygen atoms in total. The lowest BCUT2D eigenvalue weighted by Crippen LogP contribution is -2.27. The molecule has 2 aromatic heterocycles. The van der Waals surface area contributed by atoms with Crippen molar-refractivity contribution in [3.63, 3.8) is 0 Å². The van der Waals surface area contributed by atoms with Crippen LogP contribution < -0.4 is 10.2 Å². The maximum absolute atomic E-state index is 12.3. The number of nitrogens with zero attached hydrogens (tertiary/aromatic N) is 4. The fourth-order valence-electron chi connectivity index (χ4n) is 3.28. The molecule has 3 heterocycles. The molecule has 0 radical (unpaired) electrons. The summed E-state index contributed by atoms with van der Waals surface area (Å²) < 4.78 is 1.97. The van der Waals surface area contributed by atoms with E-state index in [1.807, 2.05) is 40.3 Å². The Morgan fingerprint density at radius 2 is 2.00 bits per heavy atom. The van der Waals surface area contributed by atoms with Gasteiger partial charge in [-0.15, -0.1) is 21.5 Å². The monoisotopic (exact) mass is 447 g/mol. The second-order valence-corrected chi connectivity index (χ2v) is 9.11. The van der Waals surface area contributed by atoms with Crippen molar-refractivity contribution in [3.8, 4) is 5.69 Å². The van der Waals surface area contributed by atoms with Gasteiger partial charge in [0.05, 0.1) is 16.5 Å². The maximum Gasteiger partial charge on any atom is 0.232 e. The second kappa shape index (κ2) is 9.65. The number of aromatic nitrogens is 3. The number of hydrogen-bond donors (Lipinski definition) is 1. The molecule has 0 atom stereocenters. The summed E-state index contributed by atoms with van der Waals surface area (Å²) in [6, 6.07) is 11.8. The molecule has 1 fully saturated rings. The van der Waals surface area contributed by atoms with Gasteiger partial charge in [-0.25, -0.2) is 0 Å². The van der Waals surface area contributed by atoms with Gasteiger partial charge in [0.25, 0.3) is 0 Å². The van der Waals surface area contributed by atoms with Crippen LogP contribution in [-0.2, 0) is 11.2 Å².